The number of thioether (sulfide) groups is 1. The van der Waals surface area contributed by atoms with Gasteiger partial charge in [0.1, 0.15) is 0 Å². The predicted molar refractivity (Wildman–Crippen MR) is 49.4 cm³/mol. The van der Waals surface area contributed by atoms with Crippen molar-refractivity contribution in [2.24, 2.45) is 0 Å². The Kier molecular flexibility index (Phi) is 6.20. The quantitative estimate of drug-likeness (QED) is 0.509. The maximum Gasteiger partial charge on any atom is 0.303 e. The van der Waals surface area contributed by atoms with Gasteiger partial charge < -0.3 is 4.74 Å². The van der Waals surface area contributed by atoms with Crippen LogP contribution in [0.5, 0.6) is 0 Å². The third-order valence-electron chi connectivity index (χ3n) is 1.15. The van der Waals surface area contributed by atoms with Crippen molar-refractivity contribution in [1.82, 2.24) is 0 Å². The predicted octanol–water partition coefficient (Wildman–Crippen LogP) is 1.44. The lowest BCUT2D eigenvalue weighted by atomic mass is 10.3. The van der Waals surface area contributed by atoms with Gasteiger partial charge in [0.15, 0.2) is 6.10 Å². The molecule has 0 aromatic rings. The molecule has 0 radical (unpaired) electrons. The van der Waals surface area contributed by atoms with Gasteiger partial charge in [-0.3, -0.25) is 9.59 Å². The molecule has 0 aliphatic heterocycles. The van der Waals surface area contributed by atoms with E-state index in [-0.39, 0.29) is 0 Å². The molecular weight excluding hydrogens is 200 g/mol. The lowest BCUT2D eigenvalue weighted by Crippen LogP contribution is -2.23. The molecule has 0 saturated heterocycles. The second-order valence-electron chi connectivity index (χ2n) is 2.18. The molecule has 0 spiro atoms. The average Bonchev–Trinajstić information content (AvgIpc) is 1.96. The zero-order valence-corrected chi connectivity index (χ0v) is 8.57. The number of esters is 1. The van der Waals surface area contributed by atoms with Crippen molar-refractivity contribution in [3.05, 3.63) is 0 Å². The number of carbonyl (C=O) groups excluding carboxylic acids is 2. The molecular formula is C7H11ClO3S. The van der Waals surface area contributed by atoms with Gasteiger partial charge in [-0.1, -0.05) is 0 Å². The van der Waals surface area contributed by atoms with E-state index in [4.69, 9.17) is 11.6 Å². The maximum absolute atomic E-state index is 10.7. The van der Waals surface area contributed by atoms with Gasteiger partial charge in [-0.15, -0.1) is 0 Å². The van der Waals surface area contributed by atoms with E-state index >= 15 is 0 Å². The van der Waals surface area contributed by atoms with Gasteiger partial charge in [-0.25, -0.2) is 0 Å². The number of carbonyl (C=O) groups is 2. The number of hydrogen-bond acceptors (Lipinski definition) is 4. The lowest BCUT2D eigenvalue weighted by molar-refractivity contribution is -0.150. The van der Waals surface area contributed by atoms with Gasteiger partial charge in [0.2, 0.25) is 0 Å². The molecule has 0 saturated carbocycles. The molecule has 0 aromatic heterocycles. The smallest absolute Gasteiger partial charge is 0.303 e. The SMILES string of the molecule is CSCC[C@H](OC(C)=O)C(=O)Cl. The summed E-state index contributed by atoms with van der Waals surface area (Å²) >= 11 is 6.77. The second kappa shape index (κ2) is 6.31. The van der Waals surface area contributed by atoms with E-state index in [1.807, 2.05) is 6.26 Å². The van der Waals surface area contributed by atoms with Crippen LogP contribution in [-0.4, -0.2) is 29.3 Å². The molecule has 0 N–H and O–H groups in total. The first-order chi connectivity index (χ1) is 5.57. The van der Waals surface area contributed by atoms with E-state index in [9.17, 15) is 9.59 Å². The normalized spacial score (nSPS) is 12.2. The minimum atomic E-state index is -0.781. The lowest BCUT2D eigenvalue weighted by Gasteiger charge is -2.10. The average molecular weight is 211 g/mol. The molecule has 12 heavy (non-hydrogen) atoms. The van der Waals surface area contributed by atoms with Crippen LogP contribution < -0.4 is 0 Å². The van der Waals surface area contributed by atoms with E-state index in [0.29, 0.717) is 6.42 Å². The van der Waals surface area contributed by atoms with Crippen molar-refractivity contribution in [3.63, 3.8) is 0 Å². The Morgan fingerprint density at radius 2 is 2.17 bits per heavy atom. The molecule has 3 nitrogen and oxygen atoms in total. The molecule has 5 heteroatoms. The molecule has 0 amide bonds. The van der Waals surface area contributed by atoms with E-state index in [1.165, 1.54) is 6.92 Å². The van der Waals surface area contributed by atoms with Gasteiger partial charge in [0, 0.05) is 13.3 Å². The number of ether oxygens (including phenoxy) is 1. The highest BCUT2D eigenvalue weighted by Gasteiger charge is 2.18. The summed E-state index contributed by atoms with van der Waals surface area (Å²) in [6.07, 6.45) is 1.60. The fraction of sp³-hybridized carbons (Fsp3) is 0.714. The van der Waals surface area contributed by atoms with Gasteiger partial charge >= 0.3 is 5.97 Å². The van der Waals surface area contributed by atoms with Crippen LogP contribution in [0.2, 0.25) is 0 Å². The maximum atomic E-state index is 10.7. The van der Waals surface area contributed by atoms with Gasteiger partial charge in [-0.2, -0.15) is 11.8 Å². The van der Waals surface area contributed by atoms with Crippen LogP contribution in [0.4, 0.5) is 0 Å². The van der Waals surface area contributed by atoms with Crippen molar-refractivity contribution in [2.45, 2.75) is 19.4 Å². The van der Waals surface area contributed by atoms with Gasteiger partial charge in [-0.05, 0) is 23.6 Å². The zero-order chi connectivity index (χ0) is 9.56. The molecule has 1 atom stereocenters. The third kappa shape index (κ3) is 5.43. The summed E-state index contributed by atoms with van der Waals surface area (Å²) in [5, 5.41) is -0.612. The van der Waals surface area contributed by atoms with Gasteiger partial charge in [0.05, 0.1) is 0 Å². The van der Waals surface area contributed by atoms with Gasteiger partial charge in [0.25, 0.3) is 5.24 Å². The van der Waals surface area contributed by atoms with Crippen molar-refractivity contribution >= 4 is 34.6 Å². The summed E-state index contributed by atoms with van der Waals surface area (Å²) in [4.78, 5) is 21.1. The van der Waals surface area contributed by atoms with Crippen LogP contribution in [0, 0.1) is 0 Å². The number of halogens is 1. The molecule has 0 aliphatic rings. The summed E-state index contributed by atoms with van der Waals surface area (Å²) in [6, 6.07) is 0. The monoisotopic (exact) mass is 210 g/mol. The topological polar surface area (TPSA) is 43.4 Å². The molecule has 0 aliphatic carbocycles. The van der Waals surface area contributed by atoms with Crippen LogP contribution in [-0.2, 0) is 14.3 Å². The Hall–Kier alpha value is -0.220. The molecule has 0 rings (SSSR count). The summed E-state index contributed by atoms with van der Waals surface area (Å²) < 4.78 is 4.68. The van der Waals surface area contributed by atoms with Crippen LogP contribution in [0.15, 0.2) is 0 Å². The second-order valence-corrected chi connectivity index (χ2v) is 3.54. The standard InChI is InChI=1S/C7H11ClO3S/c1-5(9)11-6(7(8)10)3-4-12-2/h6H,3-4H2,1-2H3/t6-/m0/s1. The van der Waals surface area contributed by atoms with Crippen LogP contribution >= 0.6 is 23.4 Å². The first-order valence-corrected chi connectivity index (χ1v) is 5.20. The Balaban J connectivity index is 3.87. The summed E-state index contributed by atoms with van der Waals surface area (Å²) in [6.45, 7) is 1.26. The first kappa shape index (κ1) is 11.8. The molecule has 70 valence electrons. The summed E-state index contributed by atoms with van der Waals surface area (Å²) in [5.41, 5.74) is 0. The largest absolute Gasteiger partial charge is 0.453 e. The van der Waals surface area contributed by atoms with Crippen LogP contribution in [0.25, 0.3) is 0 Å². The summed E-state index contributed by atoms with van der Waals surface area (Å²) in [5.74, 6) is 0.270. The highest BCUT2D eigenvalue weighted by Crippen LogP contribution is 2.07. The zero-order valence-electron chi connectivity index (χ0n) is 7.00. The Morgan fingerprint density at radius 3 is 2.50 bits per heavy atom. The van der Waals surface area contributed by atoms with Crippen molar-refractivity contribution in [1.29, 1.82) is 0 Å². The molecule has 0 unspecified atom stereocenters. The Morgan fingerprint density at radius 1 is 1.58 bits per heavy atom. The van der Waals surface area contributed by atoms with Crippen molar-refractivity contribution in [2.75, 3.05) is 12.0 Å². The fourth-order valence-corrected chi connectivity index (χ4v) is 1.25. The molecule has 0 bridgehead atoms. The molecule has 0 aromatic carbocycles. The summed E-state index contributed by atoms with van der Waals surface area (Å²) in [7, 11) is 0. The van der Waals surface area contributed by atoms with Crippen LogP contribution in [0.1, 0.15) is 13.3 Å². The Bertz CT molecular complexity index is 172. The molecule has 0 fully saturated rings. The number of hydrogen-bond donors (Lipinski definition) is 0. The van der Waals surface area contributed by atoms with Crippen LogP contribution in [0.3, 0.4) is 0 Å². The fourth-order valence-electron chi connectivity index (χ4n) is 0.644. The third-order valence-corrected chi connectivity index (χ3v) is 2.03. The number of rotatable bonds is 5. The minimum absolute atomic E-state index is 0.475. The highest BCUT2D eigenvalue weighted by molar-refractivity contribution is 7.98. The van der Waals surface area contributed by atoms with E-state index < -0.39 is 17.3 Å². The van der Waals surface area contributed by atoms with Crippen molar-refractivity contribution < 1.29 is 14.3 Å². The highest BCUT2D eigenvalue weighted by atomic mass is 35.5. The van der Waals surface area contributed by atoms with E-state index in [2.05, 4.69) is 4.74 Å². The Labute approximate surface area is 80.8 Å². The molecule has 0 heterocycles. The van der Waals surface area contributed by atoms with Crippen molar-refractivity contribution in [3.8, 4) is 0 Å². The first-order valence-electron chi connectivity index (χ1n) is 3.43. The van der Waals surface area contributed by atoms with E-state index in [0.717, 1.165) is 5.75 Å². The minimum Gasteiger partial charge on any atom is -0.453 e. The van der Waals surface area contributed by atoms with E-state index in [1.54, 1.807) is 11.8 Å².